The van der Waals surface area contributed by atoms with Gasteiger partial charge < -0.3 is 15.0 Å². The van der Waals surface area contributed by atoms with Crippen molar-refractivity contribution in [3.8, 4) is 11.5 Å². The maximum Gasteiger partial charge on any atom is 0.230 e. The topological polar surface area (TPSA) is 58.6 Å². The fraction of sp³-hybridized carbons (Fsp3) is 0.167. The number of carbonyl (C=O) groups excluding carboxylic acids is 2. The fourth-order valence-electron chi connectivity index (χ4n) is 3.25. The van der Waals surface area contributed by atoms with Gasteiger partial charge in [-0.3, -0.25) is 9.59 Å². The van der Waals surface area contributed by atoms with Gasteiger partial charge in [0, 0.05) is 18.4 Å². The van der Waals surface area contributed by atoms with E-state index < -0.39 is 0 Å². The lowest BCUT2D eigenvalue weighted by molar-refractivity contribution is -0.123. The predicted molar refractivity (Wildman–Crippen MR) is 113 cm³/mol. The minimum atomic E-state index is -0.283. The number of ether oxygens (including phenoxy) is 1. The molecule has 2 atom stereocenters. The molecule has 146 valence electrons. The Kier molecular flexibility index (Phi) is 5.29. The van der Waals surface area contributed by atoms with E-state index in [1.165, 1.54) is 0 Å². The van der Waals surface area contributed by atoms with Crippen LogP contribution in [0.3, 0.4) is 0 Å². The van der Waals surface area contributed by atoms with Gasteiger partial charge >= 0.3 is 0 Å². The predicted octanol–water partition coefficient (Wildman–Crippen LogP) is 4.72. The first-order valence-electron chi connectivity index (χ1n) is 9.58. The molecule has 0 bridgehead atoms. The van der Waals surface area contributed by atoms with Crippen molar-refractivity contribution in [3.63, 3.8) is 0 Å². The molecule has 1 aliphatic carbocycles. The number of hydrogen-bond donors (Lipinski definition) is 1. The van der Waals surface area contributed by atoms with E-state index in [9.17, 15) is 9.59 Å². The van der Waals surface area contributed by atoms with Gasteiger partial charge in [0.25, 0.3) is 0 Å². The Labute approximate surface area is 169 Å². The zero-order valence-electron chi connectivity index (χ0n) is 16.1. The summed E-state index contributed by atoms with van der Waals surface area (Å²) in [6, 6.07) is 26.2. The van der Waals surface area contributed by atoms with Crippen molar-refractivity contribution < 1.29 is 14.3 Å². The first kappa shape index (κ1) is 18.7. The van der Waals surface area contributed by atoms with E-state index in [-0.39, 0.29) is 23.7 Å². The molecule has 5 heteroatoms. The second-order valence-corrected chi connectivity index (χ2v) is 7.11. The second-order valence-electron chi connectivity index (χ2n) is 7.11. The number of benzene rings is 3. The highest BCUT2D eigenvalue weighted by Gasteiger charge is 2.49. The average molecular weight is 386 g/mol. The maximum absolute atomic E-state index is 12.6. The minimum Gasteiger partial charge on any atom is -0.457 e. The molecule has 2 unspecified atom stereocenters. The molecule has 1 aliphatic rings. The molecule has 3 aromatic carbocycles. The van der Waals surface area contributed by atoms with Gasteiger partial charge in [-0.05, 0) is 55.0 Å². The lowest BCUT2D eigenvalue weighted by Gasteiger charge is -2.17. The van der Waals surface area contributed by atoms with Crippen molar-refractivity contribution in [2.75, 3.05) is 17.3 Å². The van der Waals surface area contributed by atoms with Gasteiger partial charge in [-0.15, -0.1) is 0 Å². The monoisotopic (exact) mass is 386 g/mol. The van der Waals surface area contributed by atoms with Gasteiger partial charge in [0.2, 0.25) is 11.8 Å². The molecule has 1 saturated carbocycles. The van der Waals surface area contributed by atoms with E-state index in [1.807, 2.05) is 60.7 Å². The molecule has 3 aromatic rings. The molecule has 1 fully saturated rings. The largest absolute Gasteiger partial charge is 0.457 e. The van der Waals surface area contributed by atoms with Crippen LogP contribution in [-0.2, 0) is 9.59 Å². The molecular formula is C24H22N2O3. The van der Waals surface area contributed by atoms with Crippen LogP contribution in [0.1, 0.15) is 6.42 Å². The summed E-state index contributed by atoms with van der Waals surface area (Å²) in [7, 11) is 1.75. The molecule has 0 radical (unpaired) electrons. The third-order valence-electron chi connectivity index (χ3n) is 5.02. The summed E-state index contributed by atoms with van der Waals surface area (Å²) in [6.45, 7) is 0. The summed E-state index contributed by atoms with van der Waals surface area (Å²) in [6.07, 6.45) is 0.580. The highest BCUT2D eigenvalue weighted by atomic mass is 16.5. The number of nitrogens with zero attached hydrogens (tertiary/aromatic N) is 1. The Morgan fingerprint density at radius 1 is 0.828 bits per heavy atom. The van der Waals surface area contributed by atoms with Gasteiger partial charge in [-0.2, -0.15) is 0 Å². The molecule has 0 saturated heterocycles. The summed E-state index contributed by atoms with van der Waals surface area (Å²) < 4.78 is 5.75. The van der Waals surface area contributed by atoms with Crippen LogP contribution in [0.25, 0.3) is 0 Å². The van der Waals surface area contributed by atoms with Crippen LogP contribution in [0.15, 0.2) is 84.9 Å². The summed E-state index contributed by atoms with van der Waals surface area (Å²) in [5.74, 6) is 0.753. The number of amides is 2. The smallest absolute Gasteiger partial charge is 0.230 e. The fourth-order valence-corrected chi connectivity index (χ4v) is 3.25. The van der Waals surface area contributed by atoms with Gasteiger partial charge in [0.15, 0.2) is 0 Å². The van der Waals surface area contributed by atoms with Gasteiger partial charge in [-0.25, -0.2) is 0 Å². The first-order valence-corrected chi connectivity index (χ1v) is 9.58. The normalized spacial score (nSPS) is 17.3. The Bertz CT molecular complexity index is 988. The van der Waals surface area contributed by atoms with Gasteiger partial charge in [0.1, 0.15) is 11.5 Å². The third kappa shape index (κ3) is 4.46. The van der Waals surface area contributed by atoms with Crippen LogP contribution in [0.5, 0.6) is 11.5 Å². The van der Waals surface area contributed by atoms with E-state index in [1.54, 1.807) is 36.2 Å². The lowest BCUT2D eigenvalue weighted by Crippen LogP contribution is -2.29. The van der Waals surface area contributed by atoms with Gasteiger partial charge in [0.05, 0.1) is 11.8 Å². The third-order valence-corrected chi connectivity index (χ3v) is 5.02. The van der Waals surface area contributed by atoms with Crippen LogP contribution >= 0.6 is 0 Å². The lowest BCUT2D eigenvalue weighted by atomic mass is 10.2. The van der Waals surface area contributed by atoms with Crippen LogP contribution < -0.4 is 15.0 Å². The Balaban J connectivity index is 1.31. The molecule has 29 heavy (non-hydrogen) atoms. The SMILES string of the molecule is CN(C(=O)C1CC1C(=O)Nc1ccc(Oc2ccccc2)cc1)c1ccccc1. The first-order chi connectivity index (χ1) is 14.1. The summed E-state index contributed by atoms with van der Waals surface area (Å²) >= 11 is 0. The van der Waals surface area contributed by atoms with Crippen LogP contribution in [0, 0.1) is 11.8 Å². The highest BCUT2D eigenvalue weighted by molar-refractivity contribution is 6.04. The number of rotatable bonds is 6. The Morgan fingerprint density at radius 3 is 2.07 bits per heavy atom. The zero-order valence-corrected chi connectivity index (χ0v) is 16.1. The van der Waals surface area contributed by atoms with E-state index in [4.69, 9.17) is 4.74 Å². The van der Waals surface area contributed by atoms with Crippen LogP contribution in [-0.4, -0.2) is 18.9 Å². The number of carbonyl (C=O) groups is 2. The number of anilines is 2. The number of hydrogen-bond acceptors (Lipinski definition) is 3. The van der Waals surface area contributed by atoms with Crippen molar-refractivity contribution in [2.24, 2.45) is 11.8 Å². The standard InChI is InChI=1S/C24H22N2O3/c1-26(18-8-4-2-5-9-18)24(28)22-16-21(22)23(27)25-17-12-14-20(15-13-17)29-19-10-6-3-7-11-19/h2-15,21-22H,16H2,1H3,(H,25,27). The van der Waals surface area contributed by atoms with Crippen LogP contribution in [0.4, 0.5) is 11.4 Å². The number of para-hydroxylation sites is 2. The van der Waals surface area contributed by atoms with Crippen molar-refractivity contribution >= 4 is 23.2 Å². The quantitative estimate of drug-likeness (QED) is 0.667. The summed E-state index contributed by atoms with van der Waals surface area (Å²) in [5, 5.41) is 2.89. The van der Waals surface area contributed by atoms with Crippen molar-refractivity contribution in [2.45, 2.75) is 6.42 Å². The molecule has 0 aromatic heterocycles. The van der Waals surface area contributed by atoms with Crippen LogP contribution in [0.2, 0.25) is 0 Å². The summed E-state index contributed by atoms with van der Waals surface area (Å²) in [4.78, 5) is 26.8. The summed E-state index contributed by atoms with van der Waals surface area (Å²) in [5.41, 5.74) is 1.52. The number of nitrogens with one attached hydrogen (secondary N) is 1. The van der Waals surface area contributed by atoms with E-state index in [2.05, 4.69) is 5.32 Å². The van der Waals surface area contributed by atoms with E-state index in [0.717, 1.165) is 11.4 Å². The molecule has 5 nitrogen and oxygen atoms in total. The molecular weight excluding hydrogens is 364 g/mol. The maximum atomic E-state index is 12.6. The Hall–Kier alpha value is -3.60. The minimum absolute atomic E-state index is 0.0250. The molecule has 0 heterocycles. The van der Waals surface area contributed by atoms with Crippen molar-refractivity contribution in [1.82, 2.24) is 0 Å². The molecule has 1 N–H and O–H groups in total. The van der Waals surface area contributed by atoms with Crippen molar-refractivity contribution in [1.29, 1.82) is 0 Å². The highest BCUT2D eigenvalue weighted by Crippen LogP contribution is 2.41. The zero-order chi connectivity index (χ0) is 20.2. The van der Waals surface area contributed by atoms with E-state index in [0.29, 0.717) is 17.9 Å². The molecule has 2 amide bonds. The Morgan fingerprint density at radius 2 is 1.41 bits per heavy atom. The molecule has 0 spiro atoms. The van der Waals surface area contributed by atoms with Crippen molar-refractivity contribution in [3.05, 3.63) is 84.9 Å². The van der Waals surface area contributed by atoms with Gasteiger partial charge in [-0.1, -0.05) is 36.4 Å². The molecule has 0 aliphatic heterocycles. The second kappa shape index (κ2) is 8.19. The van der Waals surface area contributed by atoms with E-state index >= 15 is 0 Å². The average Bonchev–Trinajstić information content (AvgIpc) is 3.57. The molecule has 4 rings (SSSR count).